The zero-order chi connectivity index (χ0) is 21.7. The SMILES string of the molecule is CC(N)=CC(=N)c1cccc(-c2cccc(-c3cccc(C(=N)C=C(C)N)n3)c2)n1. The van der Waals surface area contributed by atoms with Gasteiger partial charge in [0, 0.05) is 22.5 Å². The molecule has 0 aliphatic carbocycles. The van der Waals surface area contributed by atoms with Gasteiger partial charge in [0.1, 0.15) is 0 Å². The van der Waals surface area contributed by atoms with E-state index in [0.717, 1.165) is 22.5 Å². The van der Waals surface area contributed by atoms with Crippen LogP contribution in [0.4, 0.5) is 0 Å². The molecule has 0 amide bonds. The van der Waals surface area contributed by atoms with E-state index in [1.165, 1.54) is 0 Å². The van der Waals surface area contributed by atoms with Gasteiger partial charge in [-0.3, -0.25) is 10.8 Å². The lowest BCUT2D eigenvalue weighted by Crippen LogP contribution is -2.03. The van der Waals surface area contributed by atoms with Gasteiger partial charge in [-0.25, -0.2) is 9.97 Å². The Morgan fingerprint density at radius 2 is 1.10 bits per heavy atom. The minimum absolute atomic E-state index is 0.268. The summed E-state index contributed by atoms with van der Waals surface area (Å²) in [5.41, 5.74) is 17.5. The molecule has 0 atom stereocenters. The first kappa shape index (κ1) is 20.7. The molecular weight excluding hydrogens is 372 g/mol. The van der Waals surface area contributed by atoms with Crippen molar-refractivity contribution in [1.29, 1.82) is 10.8 Å². The fourth-order valence-corrected chi connectivity index (χ4v) is 2.93. The van der Waals surface area contributed by atoms with Crippen LogP contribution in [-0.2, 0) is 0 Å². The van der Waals surface area contributed by atoms with Gasteiger partial charge in [0.15, 0.2) is 0 Å². The molecule has 30 heavy (non-hydrogen) atoms. The normalized spacial score (nSPS) is 11.9. The molecule has 6 nitrogen and oxygen atoms in total. The Bertz CT molecular complexity index is 1080. The van der Waals surface area contributed by atoms with Crippen molar-refractivity contribution in [2.45, 2.75) is 13.8 Å². The minimum atomic E-state index is 0.268. The summed E-state index contributed by atoms with van der Waals surface area (Å²) in [5.74, 6) is 0. The van der Waals surface area contributed by atoms with Gasteiger partial charge in [-0.15, -0.1) is 0 Å². The van der Waals surface area contributed by atoms with Crippen LogP contribution in [0.1, 0.15) is 25.2 Å². The molecule has 0 saturated carbocycles. The van der Waals surface area contributed by atoms with E-state index >= 15 is 0 Å². The van der Waals surface area contributed by atoms with Crippen LogP contribution >= 0.6 is 0 Å². The third-order valence-electron chi connectivity index (χ3n) is 4.25. The summed E-state index contributed by atoms with van der Waals surface area (Å²) in [6.07, 6.45) is 3.18. The topological polar surface area (TPSA) is 126 Å². The number of benzene rings is 1. The third kappa shape index (κ3) is 5.05. The van der Waals surface area contributed by atoms with Crippen molar-refractivity contribution < 1.29 is 0 Å². The Morgan fingerprint density at radius 3 is 1.50 bits per heavy atom. The molecule has 0 bridgehead atoms. The molecule has 0 spiro atoms. The summed E-state index contributed by atoms with van der Waals surface area (Å²) in [6.45, 7) is 3.49. The molecule has 150 valence electrons. The average Bonchev–Trinajstić information content (AvgIpc) is 2.73. The zero-order valence-corrected chi connectivity index (χ0v) is 17.0. The van der Waals surface area contributed by atoms with Crippen LogP contribution in [0.5, 0.6) is 0 Å². The number of rotatable bonds is 6. The van der Waals surface area contributed by atoms with E-state index < -0.39 is 0 Å². The number of hydrogen-bond donors (Lipinski definition) is 4. The fourth-order valence-electron chi connectivity index (χ4n) is 2.93. The molecule has 0 aliphatic rings. The first-order valence-corrected chi connectivity index (χ1v) is 9.44. The van der Waals surface area contributed by atoms with E-state index in [2.05, 4.69) is 9.97 Å². The average molecular weight is 396 g/mol. The van der Waals surface area contributed by atoms with Gasteiger partial charge in [0.2, 0.25) is 0 Å². The highest BCUT2D eigenvalue weighted by molar-refractivity contribution is 6.06. The Labute approximate surface area is 176 Å². The summed E-state index contributed by atoms with van der Waals surface area (Å²) in [6, 6.07) is 19.0. The van der Waals surface area contributed by atoms with E-state index in [-0.39, 0.29) is 11.4 Å². The Kier molecular flexibility index (Phi) is 6.17. The highest BCUT2D eigenvalue weighted by Gasteiger charge is 2.08. The first-order chi connectivity index (χ1) is 14.3. The first-order valence-electron chi connectivity index (χ1n) is 9.44. The second kappa shape index (κ2) is 8.96. The summed E-state index contributed by atoms with van der Waals surface area (Å²) >= 11 is 0. The van der Waals surface area contributed by atoms with Crippen molar-refractivity contribution in [2.24, 2.45) is 11.5 Å². The van der Waals surface area contributed by atoms with Crippen LogP contribution in [-0.4, -0.2) is 21.4 Å². The predicted octanol–water partition coefficient (Wildman–Crippen LogP) is 4.27. The maximum atomic E-state index is 8.15. The van der Waals surface area contributed by atoms with E-state index in [9.17, 15) is 0 Å². The van der Waals surface area contributed by atoms with Gasteiger partial charge in [-0.1, -0.05) is 30.3 Å². The van der Waals surface area contributed by atoms with Gasteiger partial charge in [-0.2, -0.15) is 0 Å². The fraction of sp³-hybridized carbons (Fsp3) is 0.0833. The number of nitrogens with one attached hydrogen (secondary N) is 2. The standard InChI is InChI=1S/C24H24N6/c1-15(25)12-19(27)23-10-4-8-21(29-23)17-6-3-7-18(14-17)22-9-5-11-24(30-22)20(28)13-16(2)26/h3-14,27-28H,25-26H2,1-2H3. The molecule has 2 aromatic heterocycles. The van der Waals surface area contributed by atoms with Crippen LogP contribution in [0.2, 0.25) is 0 Å². The maximum absolute atomic E-state index is 8.15. The molecule has 3 rings (SSSR count). The number of allylic oxidation sites excluding steroid dienone is 4. The quantitative estimate of drug-likeness (QED) is 0.464. The number of aromatic nitrogens is 2. The Morgan fingerprint density at radius 1 is 0.700 bits per heavy atom. The second-order valence-electron chi connectivity index (χ2n) is 7.00. The third-order valence-corrected chi connectivity index (χ3v) is 4.25. The number of nitrogens with two attached hydrogens (primary N) is 2. The molecule has 0 unspecified atom stereocenters. The Balaban J connectivity index is 1.97. The van der Waals surface area contributed by atoms with Gasteiger partial charge >= 0.3 is 0 Å². The van der Waals surface area contributed by atoms with Gasteiger partial charge in [0.05, 0.1) is 34.2 Å². The highest BCUT2D eigenvalue weighted by Crippen LogP contribution is 2.25. The molecule has 6 heteroatoms. The van der Waals surface area contributed by atoms with Crippen molar-refractivity contribution in [2.75, 3.05) is 0 Å². The van der Waals surface area contributed by atoms with Crippen LogP contribution in [0.25, 0.3) is 22.5 Å². The molecule has 0 saturated heterocycles. The predicted molar refractivity (Wildman–Crippen MR) is 122 cm³/mol. The van der Waals surface area contributed by atoms with Crippen LogP contribution in [0.15, 0.2) is 84.2 Å². The second-order valence-corrected chi connectivity index (χ2v) is 7.00. The van der Waals surface area contributed by atoms with Crippen molar-refractivity contribution >= 4 is 11.4 Å². The number of pyridine rings is 2. The largest absolute Gasteiger partial charge is 0.402 e. The van der Waals surface area contributed by atoms with E-state index in [1.807, 2.05) is 48.5 Å². The van der Waals surface area contributed by atoms with Crippen molar-refractivity contribution in [3.05, 3.63) is 95.6 Å². The number of hydrogen-bond acceptors (Lipinski definition) is 6. The summed E-state index contributed by atoms with van der Waals surface area (Å²) in [5, 5.41) is 16.3. The molecular formula is C24H24N6. The van der Waals surface area contributed by atoms with Crippen molar-refractivity contribution in [3.63, 3.8) is 0 Å². The zero-order valence-electron chi connectivity index (χ0n) is 17.0. The molecule has 0 radical (unpaired) electrons. The minimum Gasteiger partial charge on any atom is -0.402 e. The van der Waals surface area contributed by atoms with Crippen LogP contribution < -0.4 is 11.5 Å². The maximum Gasteiger partial charge on any atom is 0.0887 e. The van der Waals surface area contributed by atoms with Gasteiger partial charge < -0.3 is 11.5 Å². The molecule has 0 fully saturated rings. The van der Waals surface area contributed by atoms with E-state index in [0.29, 0.717) is 22.8 Å². The smallest absolute Gasteiger partial charge is 0.0887 e. The van der Waals surface area contributed by atoms with Gasteiger partial charge in [-0.05, 0) is 56.3 Å². The molecule has 0 aliphatic heterocycles. The molecule has 6 N–H and O–H groups in total. The van der Waals surface area contributed by atoms with E-state index in [1.54, 1.807) is 38.1 Å². The highest BCUT2D eigenvalue weighted by atomic mass is 14.7. The van der Waals surface area contributed by atoms with Gasteiger partial charge in [0.25, 0.3) is 0 Å². The van der Waals surface area contributed by atoms with E-state index in [4.69, 9.17) is 22.3 Å². The summed E-state index contributed by atoms with van der Waals surface area (Å²) in [4.78, 5) is 9.22. The van der Waals surface area contributed by atoms with Crippen molar-refractivity contribution in [3.8, 4) is 22.5 Å². The summed E-state index contributed by atoms with van der Waals surface area (Å²) in [7, 11) is 0. The number of nitrogens with zero attached hydrogens (tertiary/aromatic N) is 2. The van der Waals surface area contributed by atoms with Crippen molar-refractivity contribution in [1.82, 2.24) is 9.97 Å². The lowest BCUT2D eigenvalue weighted by molar-refractivity contribution is 1.25. The summed E-state index contributed by atoms with van der Waals surface area (Å²) < 4.78 is 0. The monoisotopic (exact) mass is 396 g/mol. The van der Waals surface area contributed by atoms with Crippen LogP contribution in [0, 0.1) is 10.8 Å². The molecule has 3 aromatic rings. The Hall–Kier alpha value is -4.06. The van der Waals surface area contributed by atoms with Crippen LogP contribution in [0.3, 0.4) is 0 Å². The molecule has 2 heterocycles. The lowest BCUT2D eigenvalue weighted by atomic mass is 10.0. The lowest BCUT2D eigenvalue weighted by Gasteiger charge is -2.08. The molecule has 1 aromatic carbocycles.